The molecule has 1 fully saturated rings. The maximum absolute atomic E-state index is 10.7. The number of hydrogen-bond donors (Lipinski definition) is 2. The van der Waals surface area contributed by atoms with Gasteiger partial charge in [0, 0.05) is 13.0 Å². The fraction of sp³-hybridized carbons (Fsp3) is 0.647. The number of benzene rings is 1. The minimum absolute atomic E-state index is 0.224. The van der Waals surface area contributed by atoms with Gasteiger partial charge in [0.1, 0.15) is 5.60 Å². The summed E-state index contributed by atoms with van der Waals surface area (Å²) in [6.07, 6.45) is 5.78. The number of nitrogens with two attached hydrogens (primary N) is 1. The van der Waals surface area contributed by atoms with Crippen LogP contribution in [0.15, 0.2) is 30.3 Å². The van der Waals surface area contributed by atoms with Crippen molar-refractivity contribution in [2.24, 2.45) is 11.7 Å². The zero-order chi connectivity index (χ0) is 14.4. The first kappa shape index (κ1) is 15.5. The molecule has 1 aliphatic carbocycles. The van der Waals surface area contributed by atoms with E-state index < -0.39 is 5.60 Å². The van der Waals surface area contributed by atoms with Crippen molar-refractivity contribution < 1.29 is 9.84 Å². The lowest BCUT2D eigenvalue weighted by Crippen LogP contribution is -2.36. The van der Waals surface area contributed by atoms with Crippen LogP contribution in [0.3, 0.4) is 0 Å². The van der Waals surface area contributed by atoms with E-state index in [1.54, 1.807) is 0 Å². The van der Waals surface area contributed by atoms with Crippen LogP contribution in [-0.4, -0.2) is 24.4 Å². The van der Waals surface area contributed by atoms with Crippen LogP contribution in [-0.2, 0) is 10.3 Å². The summed E-state index contributed by atoms with van der Waals surface area (Å²) < 4.78 is 5.96. The summed E-state index contributed by atoms with van der Waals surface area (Å²) in [6, 6.07) is 9.66. The fourth-order valence-corrected chi connectivity index (χ4v) is 3.04. The lowest BCUT2D eigenvalue weighted by Gasteiger charge is -2.30. The Morgan fingerprint density at radius 3 is 2.70 bits per heavy atom. The third-order valence-electron chi connectivity index (χ3n) is 4.41. The topological polar surface area (TPSA) is 55.5 Å². The van der Waals surface area contributed by atoms with Crippen LogP contribution in [0.4, 0.5) is 0 Å². The summed E-state index contributed by atoms with van der Waals surface area (Å²) in [5.74, 6) is 0.760. The predicted octanol–water partition coefficient (Wildman–Crippen LogP) is 2.82. The second-order valence-electron chi connectivity index (χ2n) is 6.12. The molecule has 3 unspecified atom stereocenters. The van der Waals surface area contributed by atoms with Gasteiger partial charge in [-0.25, -0.2) is 0 Å². The van der Waals surface area contributed by atoms with Gasteiger partial charge < -0.3 is 15.6 Å². The van der Waals surface area contributed by atoms with Gasteiger partial charge in [-0.15, -0.1) is 0 Å². The highest BCUT2D eigenvalue weighted by Crippen LogP contribution is 2.28. The van der Waals surface area contributed by atoms with E-state index in [0.717, 1.165) is 24.3 Å². The van der Waals surface area contributed by atoms with Gasteiger partial charge >= 0.3 is 0 Å². The number of ether oxygens (including phenoxy) is 1. The van der Waals surface area contributed by atoms with E-state index in [9.17, 15) is 5.11 Å². The summed E-state index contributed by atoms with van der Waals surface area (Å²) in [6.45, 7) is 3.08. The monoisotopic (exact) mass is 277 g/mol. The molecule has 1 aromatic carbocycles. The summed E-state index contributed by atoms with van der Waals surface area (Å²) >= 11 is 0. The van der Waals surface area contributed by atoms with Gasteiger partial charge in [-0.1, -0.05) is 50.1 Å². The molecular weight excluding hydrogens is 250 g/mol. The SMILES string of the molecule is CC1CCCC(OCCC(O)(CN)c2ccccc2)C1. The zero-order valence-electron chi connectivity index (χ0n) is 12.4. The number of rotatable bonds is 6. The van der Waals surface area contributed by atoms with Gasteiger partial charge in [-0.2, -0.15) is 0 Å². The molecule has 3 heteroatoms. The van der Waals surface area contributed by atoms with Crippen LogP contribution in [0.5, 0.6) is 0 Å². The molecule has 0 aliphatic heterocycles. The Bertz CT molecular complexity index is 395. The van der Waals surface area contributed by atoms with Gasteiger partial charge in [0.25, 0.3) is 0 Å². The average molecular weight is 277 g/mol. The molecule has 20 heavy (non-hydrogen) atoms. The fourth-order valence-electron chi connectivity index (χ4n) is 3.04. The summed E-state index contributed by atoms with van der Waals surface area (Å²) in [5, 5.41) is 10.7. The van der Waals surface area contributed by atoms with E-state index in [1.165, 1.54) is 12.8 Å². The number of aliphatic hydroxyl groups is 1. The Labute approximate surface area is 122 Å². The average Bonchev–Trinajstić information content (AvgIpc) is 2.48. The van der Waals surface area contributed by atoms with E-state index in [-0.39, 0.29) is 6.54 Å². The van der Waals surface area contributed by atoms with Crippen LogP contribution in [0.25, 0.3) is 0 Å². The molecule has 2 rings (SSSR count). The van der Waals surface area contributed by atoms with Crippen LogP contribution < -0.4 is 5.73 Å². The van der Waals surface area contributed by atoms with Crippen LogP contribution in [0.2, 0.25) is 0 Å². The molecule has 3 N–H and O–H groups in total. The Kier molecular flexibility index (Phi) is 5.58. The smallest absolute Gasteiger partial charge is 0.104 e. The van der Waals surface area contributed by atoms with Gasteiger partial charge in [-0.05, 0) is 24.3 Å². The van der Waals surface area contributed by atoms with Crippen molar-refractivity contribution >= 4 is 0 Å². The zero-order valence-corrected chi connectivity index (χ0v) is 12.4. The third kappa shape index (κ3) is 4.05. The molecule has 3 nitrogen and oxygen atoms in total. The predicted molar refractivity (Wildman–Crippen MR) is 81.4 cm³/mol. The van der Waals surface area contributed by atoms with Crippen LogP contribution in [0.1, 0.15) is 44.6 Å². The molecule has 0 heterocycles. The van der Waals surface area contributed by atoms with E-state index in [0.29, 0.717) is 19.1 Å². The Morgan fingerprint density at radius 2 is 2.05 bits per heavy atom. The minimum Gasteiger partial charge on any atom is -0.384 e. The van der Waals surface area contributed by atoms with Crippen molar-refractivity contribution in [2.45, 2.75) is 50.7 Å². The standard InChI is InChI=1S/C17H27NO2/c1-14-6-5-9-16(12-14)20-11-10-17(19,13-18)15-7-3-2-4-8-15/h2-4,7-8,14,16,19H,5-6,9-13,18H2,1H3. The van der Waals surface area contributed by atoms with E-state index in [1.807, 2.05) is 30.3 Å². The van der Waals surface area contributed by atoms with Crippen molar-refractivity contribution in [1.29, 1.82) is 0 Å². The summed E-state index contributed by atoms with van der Waals surface area (Å²) in [4.78, 5) is 0. The Balaban J connectivity index is 1.84. The molecule has 0 saturated heterocycles. The minimum atomic E-state index is -0.971. The molecule has 1 aromatic rings. The molecule has 0 radical (unpaired) electrons. The molecule has 1 saturated carbocycles. The highest BCUT2D eigenvalue weighted by atomic mass is 16.5. The van der Waals surface area contributed by atoms with E-state index >= 15 is 0 Å². The van der Waals surface area contributed by atoms with E-state index in [4.69, 9.17) is 10.5 Å². The molecule has 0 bridgehead atoms. The van der Waals surface area contributed by atoms with Crippen molar-refractivity contribution in [1.82, 2.24) is 0 Å². The van der Waals surface area contributed by atoms with Crippen molar-refractivity contribution in [3.05, 3.63) is 35.9 Å². The van der Waals surface area contributed by atoms with Gasteiger partial charge in [0.15, 0.2) is 0 Å². The highest BCUT2D eigenvalue weighted by molar-refractivity contribution is 5.22. The van der Waals surface area contributed by atoms with Crippen LogP contribution >= 0.6 is 0 Å². The quantitative estimate of drug-likeness (QED) is 0.840. The first-order valence-corrected chi connectivity index (χ1v) is 7.73. The lowest BCUT2D eigenvalue weighted by molar-refractivity contribution is -0.0335. The van der Waals surface area contributed by atoms with E-state index in [2.05, 4.69) is 6.92 Å². The first-order chi connectivity index (χ1) is 9.64. The Hall–Kier alpha value is -0.900. The normalized spacial score (nSPS) is 26.1. The number of hydrogen-bond acceptors (Lipinski definition) is 3. The second kappa shape index (κ2) is 7.21. The third-order valence-corrected chi connectivity index (χ3v) is 4.41. The van der Waals surface area contributed by atoms with Crippen molar-refractivity contribution in [3.63, 3.8) is 0 Å². The van der Waals surface area contributed by atoms with Gasteiger partial charge in [0.05, 0.1) is 12.7 Å². The summed E-state index contributed by atoms with van der Waals surface area (Å²) in [5.41, 5.74) is 5.68. The van der Waals surface area contributed by atoms with Crippen LogP contribution in [0, 0.1) is 5.92 Å². The Morgan fingerprint density at radius 1 is 1.30 bits per heavy atom. The van der Waals surface area contributed by atoms with Gasteiger partial charge in [-0.3, -0.25) is 0 Å². The lowest BCUT2D eigenvalue weighted by atomic mass is 9.88. The molecule has 1 aliphatic rings. The molecule has 112 valence electrons. The van der Waals surface area contributed by atoms with Crippen molar-refractivity contribution in [3.8, 4) is 0 Å². The summed E-state index contributed by atoms with van der Waals surface area (Å²) in [7, 11) is 0. The molecule has 0 spiro atoms. The molecule has 0 amide bonds. The largest absolute Gasteiger partial charge is 0.384 e. The highest BCUT2D eigenvalue weighted by Gasteiger charge is 2.28. The first-order valence-electron chi connectivity index (χ1n) is 7.73. The maximum atomic E-state index is 10.7. The molecule has 0 aromatic heterocycles. The second-order valence-corrected chi connectivity index (χ2v) is 6.12. The van der Waals surface area contributed by atoms with Crippen molar-refractivity contribution in [2.75, 3.05) is 13.2 Å². The molecular formula is C17H27NO2. The maximum Gasteiger partial charge on any atom is 0.104 e. The van der Waals surface area contributed by atoms with Gasteiger partial charge in [0.2, 0.25) is 0 Å². The molecule has 3 atom stereocenters.